The van der Waals surface area contributed by atoms with Gasteiger partial charge in [-0.3, -0.25) is 9.59 Å². The zero-order valence-electron chi connectivity index (χ0n) is 20.8. The predicted molar refractivity (Wildman–Crippen MR) is 133 cm³/mol. The molecule has 1 atom stereocenters. The van der Waals surface area contributed by atoms with Crippen molar-refractivity contribution in [2.24, 2.45) is 7.05 Å². The second-order valence-corrected chi connectivity index (χ2v) is 9.66. The van der Waals surface area contributed by atoms with Gasteiger partial charge in [-0.2, -0.15) is 0 Å². The van der Waals surface area contributed by atoms with E-state index < -0.39 is 17.7 Å². The fourth-order valence-corrected chi connectivity index (χ4v) is 4.00. The van der Waals surface area contributed by atoms with Crippen LogP contribution in [0.2, 0.25) is 0 Å². The average molecular weight is 465 g/mol. The maximum absolute atomic E-state index is 13.5. The molecule has 2 N–H and O–H groups in total. The third-order valence-electron chi connectivity index (χ3n) is 5.79. The minimum atomic E-state index is -1.35. The minimum Gasteiger partial charge on any atom is -0.479 e. The van der Waals surface area contributed by atoms with Crippen molar-refractivity contribution >= 4 is 22.6 Å². The third-order valence-corrected chi connectivity index (χ3v) is 5.79. The van der Waals surface area contributed by atoms with E-state index in [0.717, 1.165) is 22.3 Å². The van der Waals surface area contributed by atoms with Gasteiger partial charge in [0, 0.05) is 31.5 Å². The molecule has 1 unspecified atom stereocenters. The van der Waals surface area contributed by atoms with Crippen molar-refractivity contribution in [3.63, 3.8) is 0 Å². The van der Waals surface area contributed by atoms with Crippen LogP contribution in [-0.2, 0) is 27.9 Å². The Kier molecular flexibility index (Phi) is 6.98. The van der Waals surface area contributed by atoms with E-state index in [0.29, 0.717) is 22.9 Å². The summed E-state index contributed by atoms with van der Waals surface area (Å²) in [5, 5.41) is 14.0. The number of pyridine rings is 1. The number of carboxylic acids is 1. The van der Waals surface area contributed by atoms with Crippen LogP contribution in [0.25, 0.3) is 21.9 Å². The number of carbonyl (C=O) groups is 2. The van der Waals surface area contributed by atoms with Crippen molar-refractivity contribution in [1.29, 1.82) is 0 Å². The Bertz CT molecular complexity index is 1330. The van der Waals surface area contributed by atoms with Crippen LogP contribution in [0.4, 0.5) is 0 Å². The van der Waals surface area contributed by atoms with Crippen molar-refractivity contribution in [3.8, 4) is 11.1 Å². The van der Waals surface area contributed by atoms with Crippen LogP contribution in [0.1, 0.15) is 56.2 Å². The smallest absolute Gasteiger partial charge is 0.339 e. The summed E-state index contributed by atoms with van der Waals surface area (Å²) in [6, 6.07) is 11.3. The molecule has 0 aliphatic heterocycles. The topological polar surface area (TPSA) is 97.6 Å². The molecule has 0 bridgehead atoms. The first kappa shape index (κ1) is 25.2. The van der Waals surface area contributed by atoms with E-state index in [1.54, 1.807) is 33.9 Å². The molecule has 1 amide bonds. The number of aliphatic carboxylic acids is 1. The van der Waals surface area contributed by atoms with E-state index >= 15 is 0 Å². The molecular formula is C27H32N2O5. The minimum absolute atomic E-state index is 0.164. The molecule has 0 saturated heterocycles. The van der Waals surface area contributed by atoms with Crippen molar-refractivity contribution < 1.29 is 19.4 Å². The van der Waals surface area contributed by atoms with E-state index in [1.807, 2.05) is 44.2 Å². The number of benzene rings is 2. The van der Waals surface area contributed by atoms with E-state index in [1.165, 1.54) is 11.5 Å². The zero-order valence-corrected chi connectivity index (χ0v) is 20.8. The number of carboxylic acid groups (broad SMARTS) is 1. The first-order chi connectivity index (χ1) is 15.8. The highest BCUT2D eigenvalue weighted by Gasteiger charge is 2.33. The number of aryl methyl sites for hydroxylation is 2. The highest BCUT2D eigenvalue weighted by atomic mass is 16.5. The summed E-state index contributed by atoms with van der Waals surface area (Å²) >= 11 is 0. The first-order valence-corrected chi connectivity index (χ1v) is 11.2. The number of hydrogen-bond acceptors (Lipinski definition) is 4. The van der Waals surface area contributed by atoms with Crippen LogP contribution in [0.5, 0.6) is 0 Å². The van der Waals surface area contributed by atoms with Crippen molar-refractivity contribution in [2.45, 2.75) is 59.8 Å². The normalized spacial score (nSPS) is 12.6. The molecule has 180 valence electrons. The van der Waals surface area contributed by atoms with Gasteiger partial charge in [0.05, 0.1) is 11.3 Å². The van der Waals surface area contributed by atoms with Crippen LogP contribution >= 0.6 is 0 Å². The highest BCUT2D eigenvalue weighted by Crippen LogP contribution is 2.37. The molecule has 0 aliphatic carbocycles. The fraction of sp³-hybridized carbons (Fsp3) is 0.370. The van der Waals surface area contributed by atoms with Gasteiger partial charge in [0.1, 0.15) is 0 Å². The van der Waals surface area contributed by atoms with Gasteiger partial charge >= 0.3 is 5.97 Å². The predicted octanol–water partition coefficient (Wildman–Crippen LogP) is 4.40. The molecule has 3 aromatic rings. The molecule has 34 heavy (non-hydrogen) atoms. The molecule has 0 spiro atoms. The number of aromatic nitrogens is 1. The van der Waals surface area contributed by atoms with Crippen LogP contribution in [0.3, 0.4) is 0 Å². The Balaban J connectivity index is 2.42. The van der Waals surface area contributed by atoms with Gasteiger partial charge in [-0.25, -0.2) is 4.79 Å². The zero-order chi connectivity index (χ0) is 25.4. The van der Waals surface area contributed by atoms with Gasteiger partial charge < -0.3 is 19.7 Å². The summed E-state index contributed by atoms with van der Waals surface area (Å²) < 4.78 is 7.34. The number of nitrogens with one attached hydrogen (secondary N) is 1. The molecule has 7 heteroatoms. The lowest BCUT2D eigenvalue weighted by atomic mass is 9.91. The quantitative estimate of drug-likeness (QED) is 0.564. The van der Waals surface area contributed by atoms with E-state index in [2.05, 4.69) is 5.32 Å². The van der Waals surface area contributed by atoms with Crippen LogP contribution < -0.4 is 10.9 Å². The number of amides is 1. The SMILES string of the molecule is CC(=O)NCc1ccc2c(-c3ccc(C)c(C)c3)c(C(OC(C)(C)C)C(=O)O)n(C)c(=O)c2c1. The first-order valence-electron chi connectivity index (χ1n) is 11.2. The average Bonchev–Trinajstić information content (AvgIpc) is 2.74. The Morgan fingerprint density at radius 3 is 2.29 bits per heavy atom. The Labute approximate surface area is 199 Å². The summed E-state index contributed by atoms with van der Waals surface area (Å²) in [5.41, 5.74) is 3.59. The second-order valence-electron chi connectivity index (χ2n) is 9.66. The van der Waals surface area contributed by atoms with Crippen molar-refractivity contribution in [2.75, 3.05) is 0 Å². The molecule has 1 aromatic heterocycles. The van der Waals surface area contributed by atoms with Crippen LogP contribution in [0, 0.1) is 13.8 Å². The lowest BCUT2D eigenvalue weighted by Crippen LogP contribution is -2.33. The summed E-state index contributed by atoms with van der Waals surface area (Å²) in [6.45, 7) is 11.1. The molecule has 0 aliphatic rings. The maximum Gasteiger partial charge on any atom is 0.339 e. The van der Waals surface area contributed by atoms with Gasteiger partial charge in [0.25, 0.3) is 5.56 Å². The molecule has 7 nitrogen and oxygen atoms in total. The number of fused-ring (bicyclic) bond motifs is 1. The molecule has 0 fully saturated rings. The van der Waals surface area contributed by atoms with Gasteiger partial charge in [0.2, 0.25) is 5.91 Å². The monoisotopic (exact) mass is 464 g/mol. The van der Waals surface area contributed by atoms with Gasteiger partial charge in [0.15, 0.2) is 6.10 Å². The van der Waals surface area contributed by atoms with Gasteiger partial charge in [-0.05, 0) is 68.3 Å². The van der Waals surface area contributed by atoms with E-state index in [9.17, 15) is 19.5 Å². The molecule has 3 rings (SSSR count). The maximum atomic E-state index is 13.5. The highest BCUT2D eigenvalue weighted by molar-refractivity contribution is 5.99. The molecule has 0 saturated carbocycles. The fourth-order valence-electron chi connectivity index (χ4n) is 4.00. The largest absolute Gasteiger partial charge is 0.479 e. The summed E-state index contributed by atoms with van der Waals surface area (Å²) in [5.74, 6) is -1.33. The molecule has 0 radical (unpaired) electrons. The van der Waals surface area contributed by atoms with Crippen molar-refractivity contribution in [1.82, 2.24) is 9.88 Å². The number of rotatable bonds is 6. The van der Waals surface area contributed by atoms with Crippen LogP contribution in [-0.4, -0.2) is 27.2 Å². The Hall–Kier alpha value is -3.45. The third kappa shape index (κ3) is 5.20. The van der Waals surface area contributed by atoms with E-state index in [4.69, 9.17) is 4.74 Å². The molecule has 2 aromatic carbocycles. The van der Waals surface area contributed by atoms with Crippen molar-refractivity contribution in [3.05, 3.63) is 69.1 Å². The summed E-state index contributed by atoms with van der Waals surface area (Å²) in [7, 11) is 1.57. The second kappa shape index (κ2) is 9.43. The van der Waals surface area contributed by atoms with Gasteiger partial charge in [-0.15, -0.1) is 0 Å². The Morgan fingerprint density at radius 2 is 1.74 bits per heavy atom. The molecule has 1 heterocycles. The molecular weight excluding hydrogens is 432 g/mol. The number of carbonyl (C=O) groups excluding carboxylic acids is 1. The lowest BCUT2D eigenvalue weighted by Gasteiger charge is -2.28. The van der Waals surface area contributed by atoms with Gasteiger partial charge in [-0.1, -0.05) is 30.3 Å². The number of hydrogen-bond donors (Lipinski definition) is 2. The van der Waals surface area contributed by atoms with E-state index in [-0.39, 0.29) is 17.2 Å². The summed E-state index contributed by atoms with van der Waals surface area (Å²) in [4.78, 5) is 37.2. The standard InChI is InChI=1S/C27H32N2O5/c1-15-8-10-19(12-16(15)2)22-20-11-9-18(14-28-17(3)30)13-21(20)25(31)29(7)23(22)24(26(32)33)34-27(4,5)6/h8-13,24H,14H2,1-7H3,(H,28,30)(H,32,33). The summed E-state index contributed by atoms with van der Waals surface area (Å²) in [6.07, 6.45) is -1.35. The van der Waals surface area contributed by atoms with Crippen LogP contribution in [0.15, 0.2) is 41.2 Å². The lowest BCUT2D eigenvalue weighted by molar-refractivity contribution is -0.161. The number of ether oxygens (including phenoxy) is 1. The number of nitrogens with zero attached hydrogens (tertiary/aromatic N) is 1. The Morgan fingerprint density at radius 1 is 1.06 bits per heavy atom.